The molecule has 1 saturated heterocycles. The van der Waals surface area contributed by atoms with Crippen LogP contribution in [0.5, 0.6) is 5.75 Å². The maximum absolute atomic E-state index is 12.8. The van der Waals surface area contributed by atoms with Crippen LogP contribution in [0.3, 0.4) is 0 Å². The fourth-order valence-electron chi connectivity index (χ4n) is 2.99. The van der Waals surface area contributed by atoms with Crippen molar-refractivity contribution in [2.45, 2.75) is 17.9 Å². The SMILES string of the molecule is COc1ccc([C@@H](C)NC(=O)c2cccc(S(=O)(=O)N3CCOCC3)c2)cc1. The van der Waals surface area contributed by atoms with Gasteiger partial charge in [0.2, 0.25) is 10.0 Å². The number of benzene rings is 2. The van der Waals surface area contributed by atoms with Crippen LogP contribution in [0.1, 0.15) is 28.9 Å². The van der Waals surface area contributed by atoms with Crippen molar-refractivity contribution < 1.29 is 22.7 Å². The number of sulfonamides is 1. The smallest absolute Gasteiger partial charge is 0.251 e. The molecule has 1 aliphatic rings. The predicted octanol–water partition coefficient (Wildman–Crippen LogP) is 2.21. The molecule has 0 spiro atoms. The van der Waals surface area contributed by atoms with Crippen molar-refractivity contribution in [2.24, 2.45) is 0 Å². The summed E-state index contributed by atoms with van der Waals surface area (Å²) in [6.45, 7) is 3.24. The molecule has 3 rings (SSSR count). The van der Waals surface area contributed by atoms with Gasteiger partial charge in [0.1, 0.15) is 5.75 Å². The van der Waals surface area contributed by atoms with Crippen molar-refractivity contribution in [3.8, 4) is 5.75 Å². The van der Waals surface area contributed by atoms with Crippen molar-refractivity contribution in [2.75, 3.05) is 33.4 Å². The van der Waals surface area contributed by atoms with Crippen LogP contribution in [0.25, 0.3) is 0 Å². The third kappa shape index (κ3) is 4.52. The van der Waals surface area contributed by atoms with Gasteiger partial charge in [-0.2, -0.15) is 4.31 Å². The van der Waals surface area contributed by atoms with Crippen molar-refractivity contribution in [3.63, 3.8) is 0 Å². The molecule has 0 aromatic heterocycles. The average molecular weight is 404 g/mol. The van der Waals surface area contributed by atoms with Crippen LogP contribution in [-0.2, 0) is 14.8 Å². The lowest BCUT2D eigenvalue weighted by Crippen LogP contribution is -2.40. The normalized spacial score (nSPS) is 16.4. The molecule has 150 valence electrons. The highest BCUT2D eigenvalue weighted by Gasteiger charge is 2.27. The number of hydrogen-bond donors (Lipinski definition) is 1. The van der Waals surface area contributed by atoms with E-state index < -0.39 is 10.0 Å². The summed E-state index contributed by atoms with van der Waals surface area (Å²) in [5.41, 5.74) is 1.22. The number of nitrogens with one attached hydrogen (secondary N) is 1. The van der Waals surface area contributed by atoms with Gasteiger partial charge in [-0.25, -0.2) is 8.42 Å². The number of amides is 1. The minimum absolute atomic E-state index is 0.110. The molecule has 1 aliphatic heterocycles. The van der Waals surface area contributed by atoms with Gasteiger partial charge in [-0.05, 0) is 42.8 Å². The van der Waals surface area contributed by atoms with E-state index in [-0.39, 0.29) is 16.8 Å². The van der Waals surface area contributed by atoms with Crippen LogP contribution in [0.2, 0.25) is 0 Å². The van der Waals surface area contributed by atoms with Crippen molar-refractivity contribution in [3.05, 3.63) is 59.7 Å². The topological polar surface area (TPSA) is 84.9 Å². The second-order valence-electron chi connectivity index (χ2n) is 6.51. The Morgan fingerprint density at radius 1 is 1.14 bits per heavy atom. The molecule has 0 aliphatic carbocycles. The van der Waals surface area contributed by atoms with Crippen LogP contribution in [0, 0.1) is 0 Å². The lowest BCUT2D eigenvalue weighted by molar-refractivity contribution is 0.0730. The van der Waals surface area contributed by atoms with Crippen LogP contribution in [0.15, 0.2) is 53.4 Å². The van der Waals surface area contributed by atoms with Gasteiger partial charge in [0, 0.05) is 18.7 Å². The lowest BCUT2D eigenvalue weighted by atomic mass is 10.1. The maximum atomic E-state index is 12.8. The summed E-state index contributed by atoms with van der Waals surface area (Å²) in [6, 6.07) is 13.3. The monoisotopic (exact) mass is 404 g/mol. The summed E-state index contributed by atoms with van der Waals surface area (Å²) in [5.74, 6) is 0.408. The van der Waals surface area contributed by atoms with Gasteiger partial charge in [0.25, 0.3) is 5.91 Å². The average Bonchev–Trinajstić information content (AvgIpc) is 2.74. The number of carbonyl (C=O) groups is 1. The van der Waals surface area contributed by atoms with Gasteiger partial charge in [0.05, 0.1) is 31.3 Å². The summed E-state index contributed by atoms with van der Waals surface area (Å²) in [4.78, 5) is 12.8. The fourth-order valence-corrected chi connectivity index (χ4v) is 4.44. The van der Waals surface area contributed by atoms with E-state index in [1.165, 1.54) is 16.4 Å². The summed E-state index contributed by atoms with van der Waals surface area (Å²) in [7, 11) is -2.05. The number of carbonyl (C=O) groups excluding carboxylic acids is 1. The Hall–Kier alpha value is -2.42. The first-order valence-corrected chi connectivity index (χ1v) is 10.5. The van der Waals surface area contributed by atoms with Gasteiger partial charge in [-0.1, -0.05) is 18.2 Å². The van der Waals surface area contributed by atoms with E-state index in [9.17, 15) is 13.2 Å². The van der Waals surface area contributed by atoms with Gasteiger partial charge in [0.15, 0.2) is 0 Å². The Morgan fingerprint density at radius 2 is 1.82 bits per heavy atom. The number of nitrogens with zero attached hydrogens (tertiary/aromatic N) is 1. The molecule has 0 unspecified atom stereocenters. The summed E-state index contributed by atoms with van der Waals surface area (Å²) >= 11 is 0. The van der Waals surface area contributed by atoms with E-state index in [0.29, 0.717) is 31.9 Å². The first kappa shape index (κ1) is 20.3. The second kappa shape index (κ2) is 8.72. The molecular formula is C20H24N2O5S. The molecule has 1 atom stereocenters. The minimum atomic E-state index is -3.65. The number of morpholine rings is 1. The van der Waals surface area contributed by atoms with Gasteiger partial charge >= 0.3 is 0 Å². The Balaban J connectivity index is 1.74. The zero-order chi connectivity index (χ0) is 20.1. The highest BCUT2D eigenvalue weighted by Crippen LogP contribution is 2.20. The van der Waals surface area contributed by atoms with Crippen LogP contribution >= 0.6 is 0 Å². The van der Waals surface area contributed by atoms with E-state index >= 15 is 0 Å². The Labute approximate surface area is 165 Å². The quantitative estimate of drug-likeness (QED) is 0.798. The first-order chi connectivity index (χ1) is 13.4. The number of rotatable bonds is 6. The predicted molar refractivity (Wildman–Crippen MR) is 105 cm³/mol. The van der Waals surface area contributed by atoms with E-state index in [1.54, 1.807) is 19.2 Å². The lowest BCUT2D eigenvalue weighted by Gasteiger charge is -2.26. The van der Waals surface area contributed by atoms with Crippen molar-refractivity contribution >= 4 is 15.9 Å². The molecule has 0 radical (unpaired) electrons. The molecule has 2 aromatic rings. The van der Waals surface area contributed by atoms with E-state index in [1.807, 2.05) is 31.2 Å². The number of methoxy groups -OCH3 is 1. The molecule has 28 heavy (non-hydrogen) atoms. The van der Waals surface area contributed by atoms with Crippen LogP contribution < -0.4 is 10.1 Å². The molecular weight excluding hydrogens is 380 g/mol. The highest BCUT2D eigenvalue weighted by molar-refractivity contribution is 7.89. The third-order valence-electron chi connectivity index (χ3n) is 4.67. The molecule has 2 aromatic carbocycles. The zero-order valence-electron chi connectivity index (χ0n) is 15.9. The van der Waals surface area contributed by atoms with Gasteiger partial charge < -0.3 is 14.8 Å². The number of ether oxygens (including phenoxy) is 2. The standard InChI is InChI=1S/C20H24N2O5S/c1-15(16-6-8-18(26-2)9-7-16)21-20(23)17-4-3-5-19(14-17)28(24,25)22-10-12-27-13-11-22/h3-9,14-15H,10-13H2,1-2H3,(H,21,23)/t15-/m1/s1. The van der Waals surface area contributed by atoms with E-state index in [0.717, 1.165) is 11.3 Å². The van der Waals surface area contributed by atoms with E-state index in [2.05, 4.69) is 5.32 Å². The summed E-state index contributed by atoms with van der Waals surface area (Å²) in [5, 5.41) is 2.90. The largest absolute Gasteiger partial charge is 0.497 e. The molecule has 1 fully saturated rings. The number of hydrogen-bond acceptors (Lipinski definition) is 5. The van der Waals surface area contributed by atoms with Gasteiger partial charge in [-0.3, -0.25) is 4.79 Å². The first-order valence-electron chi connectivity index (χ1n) is 9.04. The zero-order valence-corrected chi connectivity index (χ0v) is 16.7. The Kier molecular flexibility index (Phi) is 6.33. The fraction of sp³-hybridized carbons (Fsp3) is 0.350. The van der Waals surface area contributed by atoms with Gasteiger partial charge in [-0.15, -0.1) is 0 Å². The molecule has 1 heterocycles. The molecule has 1 amide bonds. The Bertz CT molecular complexity index is 922. The third-order valence-corrected chi connectivity index (χ3v) is 6.56. The van der Waals surface area contributed by atoms with E-state index in [4.69, 9.17) is 9.47 Å². The Morgan fingerprint density at radius 3 is 2.46 bits per heavy atom. The van der Waals surface area contributed by atoms with Crippen LogP contribution in [0.4, 0.5) is 0 Å². The highest BCUT2D eigenvalue weighted by atomic mass is 32.2. The summed E-state index contributed by atoms with van der Waals surface area (Å²) < 4.78 is 37.3. The molecule has 8 heteroatoms. The minimum Gasteiger partial charge on any atom is -0.497 e. The van der Waals surface area contributed by atoms with Crippen molar-refractivity contribution in [1.29, 1.82) is 0 Å². The van der Waals surface area contributed by atoms with Crippen LogP contribution in [-0.4, -0.2) is 52.0 Å². The van der Waals surface area contributed by atoms with Crippen molar-refractivity contribution in [1.82, 2.24) is 9.62 Å². The molecule has 0 bridgehead atoms. The summed E-state index contributed by atoms with van der Waals surface area (Å²) in [6.07, 6.45) is 0. The molecule has 7 nitrogen and oxygen atoms in total. The molecule has 1 N–H and O–H groups in total. The maximum Gasteiger partial charge on any atom is 0.251 e. The second-order valence-corrected chi connectivity index (χ2v) is 8.45. The molecule has 0 saturated carbocycles.